The third-order valence-electron chi connectivity index (χ3n) is 2.95. The Hall–Kier alpha value is -2.11. The summed E-state index contributed by atoms with van der Waals surface area (Å²) >= 11 is 0. The average molecular weight is 268 g/mol. The van der Waals surface area contributed by atoms with Crippen LogP contribution in [0.5, 0.6) is 5.75 Å². The van der Waals surface area contributed by atoms with Crippen molar-refractivity contribution in [2.75, 3.05) is 5.73 Å². The predicted molar refractivity (Wildman–Crippen MR) is 67.1 cm³/mol. The molecule has 0 atom stereocenters. The first-order valence-electron chi connectivity index (χ1n) is 5.77. The molecule has 0 fully saturated rings. The van der Waals surface area contributed by atoms with Crippen LogP contribution in [-0.4, -0.2) is 10.3 Å². The number of phenols is 1. The van der Waals surface area contributed by atoms with E-state index in [1.54, 1.807) is 6.07 Å². The molecule has 0 aliphatic carbocycles. The van der Waals surface area contributed by atoms with Gasteiger partial charge in [0.2, 0.25) is 5.88 Å². The third kappa shape index (κ3) is 2.38. The van der Waals surface area contributed by atoms with E-state index >= 15 is 0 Å². The van der Waals surface area contributed by atoms with E-state index < -0.39 is 17.7 Å². The molecule has 1 heterocycles. The van der Waals surface area contributed by atoms with Crippen LogP contribution in [0.25, 0.3) is 11.1 Å². The van der Waals surface area contributed by atoms with Crippen molar-refractivity contribution in [1.82, 2.24) is 5.16 Å². The third-order valence-corrected chi connectivity index (χ3v) is 2.95. The van der Waals surface area contributed by atoms with E-state index in [0.717, 1.165) is 0 Å². The van der Waals surface area contributed by atoms with Crippen LogP contribution in [0.3, 0.4) is 0 Å². The Morgan fingerprint density at radius 1 is 1.26 bits per heavy atom. The van der Waals surface area contributed by atoms with Gasteiger partial charge in [0.15, 0.2) is 0 Å². The zero-order valence-electron chi connectivity index (χ0n) is 10.5. The quantitative estimate of drug-likeness (QED) is 0.890. The van der Waals surface area contributed by atoms with Crippen LogP contribution in [0, 0.1) is 0 Å². The Kier molecular flexibility index (Phi) is 3.42. The van der Waals surface area contributed by atoms with Gasteiger partial charge in [0, 0.05) is 5.56 Å². The molecule has 19 heavy (non-hydrogen) atoms. The number of hydrogen-bond acceptors (Lipinski definition) is 4. The molecular formula is C13H14F2N2O2. The minimum Gasteiger partial charge on any atom is -0.507 e. The highest BCUT2D eigenvalue weighted by molar-refractivity contribution is 5.78. The number of rotatable bonds is 3. The van der Waals surface area contributed by atoms with Crippen LogP contribution >= 0.6 is 0 Å². The smallest absolute Gasteiger partial charge is 0.267 e. The molecule has 1 aromatic heterocycles. The van der Waals surface area contributed by atoms with Gasteiger partial charge in [-0.1, -0.05) is 19.0 Å². The van der Waals surface area contributed by atoms with Gasteiger partial charge < -0.3 is 15.4 Å². The molecule has 2 rings (SSSR count). The van der Waals surface area contributed by atoms with Gasteiger partial charge in [-0.3, -0.25) is 0 Å². The summed E-state index contributed by atoms with van der Waals surface area (Å²) in [5, 5.41) is 13.4. The Morgan fingerprint density at radius 3 is 2.42 bits per heavy atom. The summed E-state index contributed by atoms with van der Waals surface area (Å²) in [4.78, 5) is 0. The van der Waals surface area contributed by atoms with E-state index in [-0.39, 0.29) is 17.4 Å². The molecule has 0 amide bonds. The van der Waals surface area contributed by atoms with E-state index in [0.29, 0.717) is 11.1 Å². The van der Waals surface area contributed by atoms with Crippen molar-refractivity contribution >= 4 is 5.88 Å². The molecule has 6 heteroatoms. The van der Waals surface area contributed by atoms with Crippen molar-refractivity contribution in [2.45, 2.75) is 26.2 Å². The van der Waals surface area contributed by atoms with Gasteiger partial charge in [0.25, 0.3) is 6.43 Å². The van der Waals surface area contributed by atoms with Gasteiger partial charge in [0.1, 0.15) is 5.75 Å². The van der Waals surface area contributed by atoms with Crippen LogP contribution in [0.2, 0.25) is 0 Å². The Morgan fingerprint density at radius 2 is 1.95 bits per heavy atom. The van der Waals surface area contributed by atoms with E-state index in [4.69, 9.17) is 10.3 Å². The molecule has 3 N–H and O–H groups in total. The molecule has 0 bridgehead atoms. The fraction of sp³-hybridized carbons (Fsp3) is 0.308. The number of nitrogen functional groups attached to an aromatic ring is 1. The van der Waals surface area contributed by atoms with Gasteiger partial charge >= 0.3 is 0 Å². The van der Waals surface area contributed by atoms with Gasteiger partial charge in [-0.2, -0.15) is 0 Å². The lowest BCUT2D eigenvalue weighted by Gasteiger charge is -2.14. The Labute approximate surface area is 108 Å². The topological polar surface area (TPSA) is 72.3 Å². The highest BCUT2D eigenvalue weighted by Gasteiger charge is 2.21. The molecule has 0 saturated carbocycles. The zero-order valence-corrected chi connectivity index (χ0v) is 10.5. The van der Waals surface area contributed by atoms with E-state index in [1.165, 1.54) is 12.3 Å². The van der Waals surface area contributed by atoms with Crippen molar-refractivity contribution in [3.8, 4) is 16.9 Å². The van der Waals surface area contributed by atoms with E-state index in [1.807, 2.05) is 13.8 Å². The molecular weight excluding hydrogens is 254 g/mol. The van der Waals surface area contributed by atoms with Crippen molar-refractivity contribution in [3.63, 3.8) is 0 Å². The van der Waals surface area contributed by atoms with Crippen molar-refractivity contribution < 1.29 is 18.4 Å². The molecule has 0 saturated heterocycles. The first-order chi connectivity index (χ1) is 8.91. The maximum absolute atomic E-state index is 13.0. The summed E-state index contributed by atoms with van der Waals surface area (Å²) in [6.45, 7) is 3.75. The fourth-order valence-electron chi connectivity index (χ4n) is 1.84. The first-order valence-corrected chi connectivity index (χ1v) is 5.77. The van der Waals surface area contributed by atoms with E-state index in [9.17, 15) is 13.9 Å². The summed E-state index contributed by atoms with van der Waals surface area (Å²) in [7, 11) is 0. The van der Waals surface area contributed by atoms with Crippen LogP contribution in [-0.2, 0) is 0 Å². The number of halogens is 2. The molecule has 102 valence electrons. The number of nitrogens with zero attached hydrogens (tertiary/aromatic N) is 1. The number of aromatic hydroxyl groups is 1. The number of anilines is 1. The molecule has 1 aromatic carbocycles. The summed E-state index contributed by atoms with van der Waals surface area (Å²) in [6, 6.07) is 2.92. The van der Waals surface area contributed by atoms with Crippen LogP contribution in [0.1, 0.15) is 37.3 Å². The molecule has 0 aliphatic heterocycles. The van der Waals surface area contributed by atoms with Crippen LogP contribution < -0.4 is 5.73 Å². The average Bonchev–Trinajstić information content (AvgIpc) is 2.75. The van der Waals surface area contributed by atoms with Crippen LogP contribution in [0.4, 0.5) is 14.7 Å². The lowest BCUT2D eigenvalue weighted by Crippen LogP contribution is -1.96. The Bertz CT molecular complexity index is 594. The summed E-state index contributed by atoms with van der Waals surface area (Å²) in [5.41, 5.74) is 6.35. The number of alkyl halides is 2. The molecule has 0 aliphatic rings. The van der Waals surface area contributed by atoms with Gasteiger partial charge in [0.05, 0.1) is 17.3 Å². The minimum atomic E-state index is -2.77. The summed E-state index contributed by atoms with van der Waals surface area (Å²) in [6.07, 6.45) is -1.47. The van der Waals surface area contributed by atoms with Crippen molar-refractivity contribution in [3.05, 3.63) is 29.5 Å². The normalized spacial score (nSPS) is 11.5. The lowest BCUT2D eigenvalue weighted by atomic mass is 9.94. The van der Waals surface area contributed by atoms with Gasteiger partial charge in [-0.05, 0) is 23.6 Å². The number of benzene rings is 1. The van der Waals surface area contributed by atoms with Gasteiger partial charge in [-0.25, -0.2) is 8.78 Å². The number of nitrogens with two attached hydrogens (primary N) is 1. The lowest BCUT2D eigenvalue weighted by molar-refractivity contribution is 0.147. The maximum Gasteiger partial charge on any atom is 0.267 e. The standard InChI is InChI=1S/C13H14F2N2O2/c1-6(2)7-3-8(10-5-17-19-13(10)16)11(18)9(4-7)12(14)15/h3-6,12,18H,16H2,1-2H3. The largest absolute Gasteiger partial charge is 0.507 e. The van der Waals surface area contributed by atoms with Crippen LogP contribution in [0.15, 0.2) is 22.9 Å². The maximum atomic E-state index is 13.0. The fourth-order valence-corrected chi connectivity index (χ4v) is 1.84. The monoisotopic (exact) mass is 268 g/mol. The Balaban J connectivity index is 2.69. The molecule has 0 unspecified atom stereocenters. The second-order valence-electron chi connectivity index (χ2n) is 4.57. The van der Waals surface area contributed by atoms with Gasteiger partial charge in [-0.15, -0.1) is 0 Å². The molecule has 0 spiro atoms. The number of aromatic nitrogens is 1. The number of hydrogen-bond donors (Lipinski definition) is 2. The SMILES string of the molecule is CC(C)c1cc(-c2cnoc2N)c(O)c(C(F)F)c1. The predicted octanol–water partition coefficient (Wildman–Crippen LogP) is 3.69. The minimum absolute atomic E-state index is 0.0172. The highest BCUT2D eigenvalue weighted by atomic mass is 19.3. The summed E-state index contributed by atoms with van der Waals surface area (Å²) in [5.74, 6) is -0.469. The second-order valence-corrected chi connectivity index (χ2v) is 4.57. The van der Waals surface area contributed by atoms with Crippen molar-refractivity contribution in [2.24, 2.45) is 0 Å². The second kappa shape index (κ2) is 4.87. The highest BCUT2D eigenvalue weighted by Crippen LogP contribution is 2.41. The molecule has 2 aromatic rings. The first kappa shape index (κ1) is 13.3. The zero-order chi connectivity index (χ0) is 14.2. The van der Waals surface area contributed by atoms with Crippen molar-refractivity contribution in [1.29, 1.82) is 0 Å². The number of phenolic OH excluding ortho intramolecular Hbond substituents is 1. The van der Waals surface area contributed by atoms with E-state index in [2.05, 4.69) is 5.16 Å². The summed E-state index contributed by atoms with van der Waals surface area (Å²) < 4.78 is 30.6. The molecule has 0 radical (unpaired) electrons. The molecule has 4 nitrogen and oxygen atoms in total.